The number of aromatic nitrogens is 2. The van der Waals surface area contributed by atoms with Gasteiger partial charge in [-0.3, -0.25) is 4.79 Å². The van der Waals surface area contributed by atoms with E-state index in [1.807, 2.05) is 6.07 Å². The molecule has 12 heteroatoms. The van der Waals surface area contributed by atoms with Crippen LogP contribution in [0.2, 0.25) is 0 Å². The zero-order valence-corrected chi connectivity index (χ0v) is 17.6. The highest BCUT2D eigenvalue weighted by Gasteiger charge is 2.37. The van der Waals surface area contributed by atoms with Crippen molar-refractivity contribution in [3.63, 3.8) is 0 Å². The second kappa shape index (κ2) is 10.9. The van der Waals surface area contributed by atoms with Gasteiger partial charge in [-0.25, -0.2) is 18.7 Å². The van der Waals surface area contributed by atoms with Gasteiger partial charge in [-0.1, -0.05) is 6.58 Å². The van der Waals surface area contributed by atoms with Crippen LogP contribution < -0.4 is 5.32 Å². The maximum absolute atomic E-state index is 13.4. The minimum atomic E-state index is -4.95. The van der Waals surface area contributed by atoms with E-state index in [0.29, 0.717) is 5.56 Å². The maximum atomic E-state index is 13.4. The fourth-order valence-corrected chi connectivity index (χ4v) is 3.28. The standard InChI is InChI=1S/C21H22F5N5O2/c1-3-17(33-21(24,25)26)5-4-16(10-27)31(2)18(14-11-28-13-29-12-14)19(32)30-15-6-8-20(22,23)9-7-15/h3-5,11-13,15,18H,1,6-9H2,2H3,(H,30,32)/b16-4+,17-5+. The van der Waals surface area contributed by atoms with E-state index >= 15 is 0 Å². The number of hydrogen-bond donors (Lipinski definition) is 1. The van der Waals surface area contributed by atoms with Gasteiger partial charge in [0.05, 0.1) is 0 Å². The first kappa shape index (κ1) is 25.8. The van der Waals surface area contributed by atoms with Gasteiger partial charge in [0.1, 0.15) is 29.9 Å². The van der Waals surface area contributed by atoms with Crippen LogP contribution in [0.5, 0.6) is 0 Å². The van der Waals surface area contributed by atoms with Crippen molar-refractivity contribution in [2.24, 2.45) is 0 Å². The predicted molar refractivity (Wildman–Crippen MR) is 107 cm³/mol. The largest absolute Gasteiger partial charge is 0.573 e. The van der Waals surface area contributed by atoms with Crippen LogP contribution in [0.3, 0.4) is 0 Å². The molecular formula is C21H22F5N5O2. The molecule has 1 N–H and O–H groups in total. The molecule has 1 amide bonds. The molecule has 7 nitrogen and oxygen atoms in total. The molecule has 1 aromatic rings. The third kappa shape index (κ3) is 7.85. The van der Waals surface area contributed by atoms with Crippen molar-refractivity contribution in [1.29, 1.82) is 5.26 Å². The Morgan fingerprint density at radius 1 is 1.33 bits per heavy atom. The van der Waals surface area contributed by atoms with E-state index in [0.717, 1.165) is 18.2 Å². The molecule has 1 heterocycles. The number of allylic oxidation sites excluding steroid dienone is 4. The summed E-state index contributed by atoms with van der Waals surface area (Å²) in [5, 5.41) is 12.3. The van der Waals surface area contributed by atoms with E-state index in [1.165, 1.54) is 30.7 Å². The van der Waals surface area contributed by atoms with Gasteiger partial charge in [-0.2, -0.15) is 5.26 Å². The second-order valence-electron chi connectivity index (χ2n) is 7.31. The number of carbonyl (C=O) groups excluding carboxylic acids is 1. The lowest BCUT2D eigenvalue weighted by atomic mass is 9.92. The van der Waals surface area contributed by atoms with Crippen LogP contribution in [0, 0.1) is 11.3 Å². The number of nitrogens with one attached hydrogen (secondary N) is 1. The summed E-state index contributed by atoms with van der Waals surface area (Å²) in [6, 6.07) is 0.179. The lowest BCUT2D eigenvalue weighted by Gasteiger charge is -2.32. The number of ether oxygens (including phenoxy) is 1. The van der Waals surface area contributed by atoms with E-state index < -0.39 is 36.0 Å². The van der Waals surface area contributed by atoms with Crippen LogP contribution in [0.15, 0.2) is 55.0 Å². The lowest BCUT2D eigenvalue weighted by Crippen LogP contribution is -2.45. The van der Waals surface area contributed by atoms with Crippen molar-refractivity contribution < 1.29 is 31.5 Å². The molecule has 178 valence electrons. The van der Waals surface area contributed by atoms with Gasteiger partial charge >= 0.3 is 6.36 Å². The minimum absolute atomic E-state index is 0.0849. The van der Waals surface area contributed by atoms with E-state index in [1.54, 1.807) is 0 Å². The topological polar surface area (TPSA) is 91.1 Å². The lowest BCUT2D eigenvalue weighted by molar-refractivity contribution is -0.303. The Morgan fingerprint density at radius 2 is 1.94 bits per heavy atom. The number of likely N-dealkylation sites (N-methyl/N-ethyl adjacent to an activating group) is 1. The monoisotopic (exact) mass is 471 g/mol. The Labute approximate surface area is 187 Å². The van der Waals surface area contributed by atoms with Crippen molar-refractivity contribution in [2.75, 3.05) is 7.05 Å². The smallest absolute Gasteiger partial charge is 0.406 e. The molecule has 1 atom stereocenters. The van der Waals surface area contributed by atoms with Crippen molar-refractivity contribution in [1.82, 2.24) is 20.2 Å². The molecule has 0 saturated heterocycles. The van der Waals surface area contributed by atoms with Gasteiger partial charge in [-0.05, 0) is 31.1 Å². The minimum Gasteiger partial charge on any atom is -0.406 e. The number of rotatable bonds is 8. The average molecular weight is 471 g/mol. The molecule has 0 bridgehead atoms. The van der Waals surface area contributed by atoms with Crippen molar-refractivity contribution in [2.45, 2.75) is 50.1 Å². The van der Waals surface area contributed by atoms with E-state index in [9.17, 15) is 32.0 Å². The van der Waals surface area contributed by atoms with Gasteiger partial charge in [0, 0.05) is 43.9 Å². The zero-order chi connectivity index (χ0) is 24.6. The Bertz CT molecular complexity index is 931. The van der Waals surface area contributed by atoms with Crippen LogP contribution in [-0.4, -0.2) is 46.1 Å². The number of alkyl halides is 5. The molecule has 0 aliphatic heterocycles. The molecule has 1 aliphatic carbocycles. The van der Waals surface area contributed by atoms with E-state index in [4.69, 9.17) is 0 Å². The maximum Gasteiger partial charge on any atom is 0.573 e. The third-order valence-electron chi connectivity index (χ3n) is 4.93. The van der Waals surface area contributed by atoms with Crippen LogP contribution in [0.1, 0.15) is 37.3 Å². The molecular weight excluding hydrogens is 449 g/mol. The summed E-state index contributed by atoms with van der Waals surface area (Å²) in [5.74, 6) is -4.02. The molecule has 1 saturated carbocycles. The predicted octanol–water partition coefficient (Wildman–Crippen LogP) is 4.16. The Hall–Kier alpha value is -3.49. The number of nitrogens with zero attached hydrogens (tertiary/aromatic N) is 4. The van der Waals surface area contributed by atoms with Crippen LogP contribution in [0.4, 0.5) is 22.0 Å². The number of hydrogen-bond acceptors (Lipinski definition) is 6. The second-order valence-corrected chi connectivity index (χ2v) is 7.31. The van der Waals surface area contributed by atoms with Gasteiger partial charge in [-0.15, -0.1) is 13.2 Å². The Kier molecular flexibility index (Phi) is 8.50. The molecule has 0 spiro atoms. The molecule has 1 aliphatic rings. The van der Waals surface area contributed by atoms with E-state index in [2.05, 4.69) is 26.6 Å². The fourth-order valence-electron chi connectivity index (χ4n) is 3.28. The number of nitriles is 1. The van der Waals surface area contributed by atoms with Crippen molar-refractivity contribution in [3.8, 4) is 6.07 Å². The Balaban J connectivity index is 2.29. The first-order valence-corrected chi connectivity index (χ1v) is 9.82. The van der Waals surface area contributed by atoms with Gasteiger partial charge in [0.15, 0.2) is 0 Å². The normalized spacial score (nSPS) is 18.1. The van der Waals surface area contributed by atoms with E-state index in [-0.39, 0.29) is 31.4 Å². The average Bonchev–Trinajstić information content (AvgIpc) is 2.75. The summed E-state index contributed by atoms with van der Waals surface area (Å²) in [6.07, 6.45) is 1.16. The van der Waals surface area contributed by atoms with Crippen molar-refractivity contribution >= 4 is 5.91 Å². The quantitative estimate of drug-likeness (QED) is 0.265. The molecule has 33 heavy (non-hydrogen) atoms. The summed E-state index contributed by atoms with van der Waals surface area (Å²) in [6.45, 7) is 3.23. The highest BCUT2D eigenvalue weighted by molar-refractivity contribution is 5.83. The fraction of sp³-hybridized carbons (Fsp3) is 0.429. The van der Waals surface area contributed by atoms with Crippen LogP contribution in [0.25, 0.3) is 0 Å². The summed E-state index contributed by atoms with van der Waals surface area (Å²) in [7, 11) is 1.38. The summed E-state index contributed by atoms with van der Waals surface area (Å²) in [5.41, 5.74) is 0.110. The first-order chi connectivity index (χ1) is 15.5. The molecule has 0 radical (unpaired) electrons. The summed E-state index contributed by atoms with van der Waals surface area (Å²) in [4.78, 5) is 22.0. The third-order valence-corrected chi connectivity index (χ3v) is 4.93. The van der Waals surface area contributed by atoms with Crippen LogP contribution >= 0.6 is 0 Å². The summed E-state index contributed by atoms with van der Waals surface area (Å²) >= 11 is 0. The summed E-state index contributed by atoms with van der Waals surface area (Å²) < 4.78 is 68.0. The zero-order valence-electron chi connectivity index (χ0n) is 17.6. The molecule has 0 aromatic carbocycles. The SMILES string of the molecule is C=C/C(=C\C=C(/C#N)N(C)C(C(=O)NC1CCC(F)(F)CC1)c1cncnc1)OC(F)(F)F. The first-order valence-electron chi connectivity index (χ1n) is 9.82. The number of amides is 1. The number of halogens is 5. The molecule has 2 rings (SSSR count). The van der Waals surface area contributed by atoms with Crippen LogP contribution in [-0.2, 0) is 9.53 Å². The Morgan fingerprint density at radius 3 is 2.45 bits per heavy atom. The van der Waals surface area contributed by atoms with Gasteiger partial charge < -0.3 is 15.0 Å². The highest BCUT2D eigenvalue weighted by atomic mass is 19.4. The van der Waals surface area contributed by atoms with Gasteiger partial charge in [0.2, 0.25) is 11.8 Å². The van der Waals surface area contributed by atoms with Crippen molar-refractivity contribution in [3.05, 3.63) is 60.5 Å². The highest BCUT2D eigenvalue weighted by Crippen LogP contribution is 2.33. The molecule has 1 aromatic heterocycles. The molecule has 1 unspecified atom stereocenters. The van der Waals surface area contributed by atoms with Gasteiger partial charge in [0.25, 0.3) is 0 Å². The number of carbonyl (C=O) groups is 1. The molecule has 1 fully saturated rings.